The summed E-state index contributed by atoms with van der Waals surface area (Å²) in [5.74, 6) is -0.468. The van der Waals surface area contributed by atoms with Gasteiger partial charge in [0, 0.05) is 72.6 Å². The normalized spacial score (nSPS) is 14.6. The van der Waals surface area contributed by atoms with E-state index in [2.05, 4.69) is 48.4 Å². The molecule has 7 nitrogen and oxygen atoms in total. The summed E-state index contributed by atoms with van der Waals surface area (Å²) in [6.07, 6.45) is 6.53. The second-order valence-corrected chi connectivity index (χ2v) is 9.83. The van der Waals surface area contributed by atoms with Gasteiger partial charge in [0.2, 0.25) is 5.91 Å². The summed E-state index contributed by atoms with van der Waals surface area (Å²) >= 11 is 3.64. The molecule has 0 spiro atoms. The zero-order valence-electron chi connectivity index (χ0n) is 20.5. The molecule has 2 aromatic carbocycles. The Morgan fingerprint density at radius 3 is 2.58 bits per heavy atom. The Balaban J connectivity index is 1.38. The molecule has 36 heavy (non-hydrogen) atoms. The van der Waals surface area contributed by atoms with Crippen LogP contribution in [0.5, 0.6) is 0 Å². The van der Waals surface area contributed by atoms with Crippen LogP contribution in [0.1, 0.15) is 27.0 Å². The lowest BCUT2D eigenvalue weighted by Gasteiger charge is -2.32. The van der Waals surface area contributed by atoms with E-state index in [0.717, 1.165) is 53.9 Å². The molecule has 1 aliphatic heterocycles. The Morgan fingerprint density at radius 1 is 1.06 bits per heavy atom. The number of benzene rings is 2. The van der Waals surface area contributed by atoms with Crippen LogP contribution in [0.25, 0.3) is 6.08 Å². The predicted octanol–water partition coefficient (Wildman–Crippen LogP) is 4.80. The molecule has 0 bridgehead atoms. The van der Waals surface area contributed by atoms with E-state index < -0.39 is 0 Å². The van der Waals surface area contributed by atoms with Crippen molar-refractivity contribution in [2.45, 2.75) is 13.5 Å². The first-order valence-corrected chi connectivity index (χ1v) is 12.7. The second kappa shape index (κ2) is 12.1. The molecular weight excluding hydrogens is 518 g/mol. The van der Waals surface area contributed by atoms with Gasteiger partial charge in [0.25, 0.3) is 5.91 Å². The SMILES string of the molecule is Cc1ccc(NC(=O)c2ccc(CN3CCN(C)CC3)c(Br)c2)cc1NC(=O)/C=C/c1cccnc1. The van der Waals surface area contributed by atoms with Crippen LogP contribution in [-0.2, 0) is 11.3 Å². The van der Waals surface area contributed by atoms with Crippen molar-refractivity contribution in [2.24, 2.45) is 0 Å². The molecule has 1 saturated heterocycles. The lowest BCUT2D eigenvalue weighted by atomic mass is 10.1. The highest BCUT2D eigenvalue weighted by molar-refractivity contribution is 9.10. The molecule has 1 aromatic heterocycles. The molecule has 2 amide bonds. The first-order chi connectivity index (χ1) is 17.4. The van der Waals surface area contributed by atoms with Crippen molar-refractivity contribution in [3.8, 4) is 0 Å². The molecule has 0 radical (unpaired) electrons. The monoisotopic (exact) mass is 547 g/mol. The summed E-state index contributed by atoms with van der Waals surface area (Å²) in [5, 5.41) is 5.82. The molecule has 0 unspecified atom stereocenters. The standard InChI is InChI=1S/C28H30BrN5O2/c1-20-5-9-24(17-26(20)32-27(35)10-6-21-4-3-11-30-18-21)31-28(36)22-7-8-23(25(29)16-22)19-34-14-12-33(2)13-15-34/h3-11,16-18H,12-15,19H2,1-2H3,(H,31,36)(H,32,35)/b10-6+. The van der Waals surface area contributed by atoms with E-state index in [1.807, 2.05) is 49.4 Å². The lowest BCUT2D eigenvalue weighted by molar-refractivity contribution is -0.111. The van der Waals surface area contributed by atoms with Crippen LogP contribution in [0.3, 0.4) is 0 Å². The van der Waals surface area contributed by atoms with Crippen LogP contribution >= 0.6 is 15.9 Å². The van der Waals surface area contributed by atoms with Crippen LogP contribution in [0.4, 0.5) is 11.4 Å². The molecular formula is C28H30BrN5O2. The van der Waals surface area contributed by atoms with E-state index in [1.54, 1.807) is 24.5 Å². The maximum atomic E-state index is 12.9. The molecule has 8 heteroatoms. The molecule has 4 rings (SSSR count). The van der Waals surface area contributed by atoms with Crippen molar-refractivity contribution in [1.82, 2.24) is 14.8 Å². The number of likely N-dealkylation sites (N-methyl/N-ethyl adjacent to an activating group) is 1. The van der Waals surface area contributed by atoms with Crippen molar-refractivity contribution in [3.63, 3.8) is 0 Å². The third kappa shape index (κ3) is 7.10. The van der Waals surface area contributed by atoms with Gasteiger partial charge in [-0.3, -0.25) is 19.5 Å². The Bertz CT molecular complexity index is 1250. The average Bonchev–Trinajstić information content (AvgIpc) is 2.88. The van der Waals surface area contributed by atoms with E-state index in [0.29, 0.717) is 16.9 Å². The zero-order chi connectivity index (χ0) is 25.5. The Morgan fingerprint density at radius 2 is 1.86 bits per heavy atom. The number of piperazine rings is 1. The van der Waals surface area contributed by atoms with Crippen LogP contribution < -0.4 is 10.6 Å². The van der Waals surface area contributed by atoms with E-state index in [4.69, 9.17) is 0 Å². The van der Waals surface area contributed by atoms with Crippen LogP contribution in [-0.4, -0.2) is 59.8 Å². The third-order valence-corrected chi connectivity index (χ3v) is 6.91. The van der Waals surface area contributed by atoms with Gasteiger partial charge in [-0.25, -0.2) is 0 Å². The number of carbonyl (C=O) groups is 2. The summed E-state index contributed by atoms with van der Waals surface area (Å²) in [5.41, 5.74) is 4.70. The van der Waals surface area contributed by atoms with Crippen molar-refractivity contribution in [2.75, 3.05) is 43.9 Å². The molecule has 3 aromatic rings. The number of hydrogen-bond acceptors (Lipinski definition) is 5. The topological polar surface area (TPSA) is 77.6 Å². The zero-order valence-corrected chi connectivity index (χ0v) is 22.1. The van der Waals surface area contributed by atoms with Crippen LogP contribution in [0, 0.1) is 6.92 Å². The minimum atomic E-state index is -0.259. The number of aromatic nitrogens is 1. The molecule has 0 aliphatic carbocycles. The van der Waals surface area contributed by atoms with E-state index >= 15 is 0 Å². The molecule has 1 aliphatic rings. The number of halogens is 1. The number of carbonyl (C=O) groups excluding carboxylic acids is 2. The molecule has 0 atom stereocenters. The number of rotatable bonds is 7. The fourth-order valence-corrected chi connectivity index (χ4v) is 4.43. The number of nitrogens with one attached hydrogen (secondary N) is 2. The van der Waals surface area contributed by atoms with Crippen molar-refractivity contribution in [1.29, 1.82) is 0 Å². The quantitative estimate of drug-likeness (QED) is 0.415. The van der Waals surface area contributed by atoms with Gasteiger partial charge in [-0.15, -0.1) is 0 Å². The summed E-state index contributed by atoms with van der Waals surface area (Å²) in [7, 11) is 2.15. The first kappa shape index (κ1) is 25.8. The van der Waals surface area contributed by atoms with Crippen molar-refractivity contribution in [3.05, 3.63) is 93.7 Å². The maximum Gasteiger partial charge on any atom is 0.255 e. The molecule has 1 fully saturated rings. The smallest absolute Gasteiger partial charge is 0.255 e. The number of aryl methyl sites for hydroxylation is 1. The van der Waals surface area contributed by atoms with Crippen LogP contribution in [0.15, 0.2) is 71.5 Å². The molecule has 2 heterocycles. The second-order valence-electron chi connectivity index (χ2n) is 8.98. The number of amides is 2. The third-order valence-electron chi connectivity index (χ3n) is 6.17. The minimum Gasteiger partial charge on any atom is -0.322 e. The fraction of sp³-hybridized carbons (Fsp3) is 0.250. The molecule has 186 valence electrons. The number of anilines is 2. The number of nitrogens with zero attached hydrogens (tertiary/aromatic N) is 3. The van der Waals surface area contributed by atoms with Crippen LogP contribution in [0.2, 0.25) is 0 Å². The van der Waals surface area contributed by atoms with Crippen molar-refractivity contribution < 1.29 is 9.59 Å². The average molecular weight is 548 g/mol. The number of pyridine rings is 1. The summed E-state index contributed by atoms with van der Waals surface area (Å²) in [6, 6.07) is 14.9. The summed E-state index contributed by atoms with van der Waals surface area (Å²) < 4.78 is 0.923. The van der Waals surface area contributed by atoms with Gasteiger partial charge in [0.1, 0.15) is 0 Å². The van der Waals surface area contributed by atoms with Gasteiger partial charge >= 0.3 is 0 Å². The molecule has 0 saturated carbocycles. The Hall–Kier alpha value is -3.33. The fourth-order valence-electron chi connectivity index (χ4n) is 3.92. The van der Waals surface area contributed by atoms with Gasteiger partial charge in [0.05, 0.1) is 0 Å². The van der Waals surface area contributed by atoms with Gasteiger partial charge in [0.15, 0.2) is 0 Å². The Labute approximate surface area is 220 Å². The van der Waals surface area contributed by atoms with E-state index in [9.17, 15) is 9.59 Å². The van der Waals surface area contributed by atoms with Crippen molar-refractivity contribution >= 4 is 45.2 Å². The maximum absolute atomic E-state index is 12.9. The highest BCUT2D eigenvalue weighted by Crippen LogP contribution is 2.24. The van der Waals surface area contributed by atoms with Gasteiger partial charge in [-0.05, 0) is 67.1 Å². The molecule has 2 N–H and O–H groups in total. The Kier molecular flexibility index (Phi) is 8.64. The highest BCUT2D eigenvalue weighted by atomic mass is 79.9. The summed E-state index contributed by atoms with van der Waals surface area (Å²) in [4.78, 5) is 34.1. The van der Waals surface area contributed by atoms with Gasteiger partial charge in [-0.1, -0.05) is 34.1 Å². The van der Waals surface area contributed by atoms with Gasteiger partial charge < -0.3 is 15.5 Å². The minimum absolute atomic E-state index is 0.209. The van der Waals surface area contributed by atoms with Gasteiger partial charge in [-0.2, -0.15) is 0 Å². The van der Waals surface area contributed by atoms with E-state index in [-0.39, 0.29) is 11.8 Å². The first-order valence-electron chi connectivity index (χ1n) is 11.9. The highest BCUT2D eigenvalue weighted by Gasteiger charge is 2.16. The summed E-state index contributed by atoms with van der Waals surface area (Å²) in [6.45, 7) is 6.97. The number of hydrogen-bond donors (Lipinski definition) is 2. The largest absolute Gasteiger partial charge is 0.322 e. The predicted molar refractivity (Wildman–Crippen MR) is 148 cm³/mol. The van der Waals surface area contributed by atoms with E-state index in [1.165, 1.54) is 6.08 Å². The lowest BCUT2D eigenvalue weighted by Crippen LogP contribution is -2.43.